The summed E-state index contributed by atoms with van der Waals surface area (Å²) in [4.78, 5) is 4.57. The van der Waals surface area contributed by atoms with Gasteiger partial charge in [0.1, 0.15) is 5.01 Å². The highest BCUT2D eigenvalue weighted by atomic mass is 32.1. The van der Waals surface area contributed by atoms with Crippen molar-refractivity contribution in [3.63, 3.8) is 0 Å². The van der Waals surface area contributed by atoms with E-state index in [2.05, 4.69) is 55.9 Å². The molecule has 0 unspecified atom stereocenters. The van der Waals surface area contributed by atoms with Gasteiger partial charge in [-0.3, -0.25) is 0 Å². The van der Waals surface area contributed by atoms with Crippen LogP contribution >= 0.6 is 24.0 Å². The Bertz CT molecular complexity index is 515. The second-order valence-electron chi connectivity index (χ2n) is 4.04. The van der Waals surface area contributed by atoms with Gasteiger partial charge in [0.15, 0.2) is 0 Å². The quantitative estimate of drug-likeness (QED) is 0.788. The minimum absolute atomic E-state index is 0.717. The van der Waals surface area contributed by atoms with Gasteiger partial charge >= 0.3 is 0 Å². The summed E-state index contributed by atoms with van der Waals surface area (Å²) in [6.07, 6.45) is 0. The lowest BCUT2D eigenvalue weighted by atomic mass is 9.99. The first-order valence-electron chi connectivity index (χ1n) is 5.25. The van der Waals surface area contributed by atoms with Crippen molar-refractivity contribution in [3.05, 3.63) is 39.2 Å². The van der Waals surface area contributed by atoms with Crippen molar-refractivity contribution < 1.29 is 0 Å². The number of hydrogen-bond donors (Lipinski definition) is 1. The van der Waals surface area contributed by atoms with E-state index in [1.54, 1.807) is 11.3 Å². The molecule has 84 valence electrons. The molecule has 0 atom stereocenters. The summed E-state index contributed by atoms with van der Waals surface area (Å²) in [7, 11) is 0. The van der Waals surface area contributed by atoms with Crippen molar-refractivity contribution in [1.82, 2.24) is 4.98 Å². The Balaban J connectivity index is 2.51. The second-order valence-corrected chi connectivity index (χ2v) is 5.29. The number of aromatic nitrogens is 1. The van der Waals surface area contributed by atoms with E-state index in [0.29, 0.717) is 5.75 Å². The lowest BCUT2D eigenvalue weighted by Crippen LogP contribution is -1.89. The van der Waals surface area contributed by atoms with Crippen LogP contribution in [0.2, 0.25) is 0 Å². The molecule has 1 heterocycles. The number of nitrogens with zero attached hydrogens (tertiary/aromatic N) is 1. The third kappa shape index (κ3) is 2.15. The van der Waals surface area contributed by atoms with Gasteiger partial charge in [-0.1, -0.05) is 6.07 Å². The van der Waals surface area contributed by atoms with Crippen molar-refractivity contribution >= 4 is 24.0 Å². The van der Waals surface area contributed by atoms with Gasteiger partial charge in [0, 0.05) is 16.7 Å². The highest BCUT2D eigenvalue weighted by molar-refractivity contribution is 7.79. The molecule has 0 fully saturated rings. The molecule has 0 aliphatic rings. The van der Waals surface area contributed by atoms with Crippen molar-refractivity contribution in [2.45, 2.75) is 26.5 Å². The highest BCUT2D eigenvalue weighted by Gasteiger charge is 2.08. The second kappa shape index (κ2) is 4.60. The number of aryl methyl sites for hydroxylation is 3. The molecule has 3 heteroatoms. The molecule has 0 aliphatic carbocycles. The first-order chi connectivity index (χ1) is 7.61. The predicted octanol–water partition coefficient (Wildman–Crippen LogP) is 4.17. The lowest BCUT2D eigenvalue weighted by Gasteiger charge is -2.07. The average molecular weight is 249 g/mol. The van der Waals surface area contributed by atoms with Crippen molar-refractivity contribution in [2.24, 2.45) is 0 Å². The summed E-state index contributed by atoms with van der Waals surface area (Å²) in [5.74, 6) is 0.717. The van der Waals surface area contributed by atoms with E-state index in [4.69, 9.17) is 0 Å². The van der Waals surface area contributed by atoms with Crippen molar-refractivity contribution in [3.8, 4) is 11.3 Å². The maximum atomic E-state index is 4.57. The lowest BCUT2D eigenvalue weighted by molar-refractivity contribution is 1.24. The Kier molecular flexibility index (Phi) is 3.36. The Hall–Kier alpha value is -0.800. The molecule has 1 aromatic carbocycles. The summed E-state index contributed by atoms with van der Waals surface area (Å²) in [6.45, 7) is 6.43. The SMILES string of the molecule is Cc1cc(C)c(-c2csc(CS)n2)cc1C. The van der Waals surface area contributed by atoms with Crippen LogP contribution in [0.5, 0.6) is 0 Å². The summed E-state index contributed by atoms with van der Waals surface area (Å²) in [5.41, 5.74) is 6.27. The van der Waals surface area contributed by atoms with Crippen LogP contribution in [-0.2, 0) is 5.75 Å². The number of rotatable bonds is 2. The number of hydrogen-bond acceptors (Lipinski definition) is 3. The fourth-order valence-electron chi connectivity index (χ4n) is 1.74. The van der Waals surface area contributed by atoms with Gasteiger partial charge in [-0.25, -0.2) is 4.98 Å². The molecule has 2 rings (SSSR count). The van der Waals surface area contributed by atoms with E-state index >= 15 is 0 Å². The van der Waals surface area contributed by atoms with Crippen LogP contribution in [0.15, 0.2) is 17.5 Å². The normalized spacial score (nSPS) is 10.8. The molecule has 0 saturated carbocycles. The van der Waals surface area contributed by atoms with Crippen LogP contribution < -0.4 is 0 Å². The van der Waals surface area contributed by atoms with Crippen LogP contribution in [-0.4, -0.2) is 4.98 Å². The fourth-order valence-corrected chi connectivity index (χ4v) is 2.69. The Labute approximate surface area is 106 Å². The highest BCUT2D eigenvalue weighted by Crippen LogP contribution is 2.27. The standard InChI is InChI=1S/C13H15NS2/c1-8-4-10(3)11(5-9(8)2)12-7-16-13(6-15)14-12/h4-5,7,15H,6H2,1-3H3. The fraction of sp³-hybridized carbons (Fsp3) is 0.308. The molecule has 0 aliphatic heterocycles. The number of thiazole rings is 1. The molecule has 0 radical (unpaired) electrons. The summed E-state index contributed by atoms with van der Waals surface area (Å²) < 4.78 is 0. The third-order valence-corrected chi connectivity index (χ3v) is 4.17. The van der Waals surface area contributed by atoms with Crippen molar-refractivity contribution in [1.29, 1.82) is 0 Å². The molecule has 0 saturated heterocycles. The van der Waals surface area contributed by atoms with E-state index < -0.39 is 0 Å². The van der Waals surface area contributed by atoms with E-state index in [-0.39, 0.29) is 0 Å². The largest absolute Gasteiger partial charge is 0.240 e. The monoisotopic (exact) mass is 249 g/mol. The Morgan fingerprint density at radius 2 is 1.81 bits per heavy atom. The molecule has 0 N–H and O–H groups in total. The number of thiol groups is 1. The van der Waals surface area contributed by atoms with Crippen LogP contribution in [0.1, 0.15) is 21.7 Å². The zero-order valence-corrected chi connectivity index (χ0v) is 11.5. The molecule has 1 nitrogen and oxygen atoms in total. The maximum Gasteiger partial charge on any atom is 0.103 e. The summed E-state index contributed by atoms with van der Waals surface area (Å²) in [5, 5.41) is 3.19. The average Bonchev–Trinajstić information content (AvgIpc) is 2.71. The van der Waals surface area contributed by atoms with Gasteiger partial charge in [0.2, 0.25) is 0 Å². The number of benzene rings is 1. The first-order valence-corrected chi connectivity index (χ1v) is 6.76. The van der Waals surface area contributed by atoms with Gasteiger partial charge in [-0.2, -0.15) is 12.6 Å². The zero-order valence-electron chi connectivity index (χ0n) is 9.74. The molecule has 0 spiro atoms. The minimum Gasteiger partial charge on any atom is -0.240 e. The summed E-state index contributed by atoms with van der Waals surface area (Å²) in [6, 6.07) is 4.45. The first kappa shape index (κ1) is 11.7. The minimum atomic E-state index is 0.717. The molecule has 2 aromatic rings. The molecule has 0 amide bonds. The summed E-state index contributed by atoms with van der Waals surface area (Å²) >= 11 is 5.92. The molecular formula is C13H15NS2. The molecule has 16 heavy (non-hydrogen) atoms. The van der Waals surface area contributed by atoms with E-state index in [0.717, 1.165) is 10.7 Å². The maximum absolute atomic E-state index is 4.57. The van der Waals surface area contributed by atoms with Gasteiger partial charge in [-0.15, -0.1) is 11.3 Å². The van der Waals surface area contributed by atoms with Crippen LogP contribution in [0.25, 0.3) is 11.3 Å². The Morgan fingerprint density at radius 1 is 1.12 bits per heavy atom. The molecule has 1 aromatic heterocycles. The molecular weight excluding hydrogens is 234 g/mol. The van der Waals surface area contributed by atoms with Crippen LogP contribution in [0, 0.1) is 20.8 Å². The zero-order chi connectivity index (χ0) is 11.7. The van der Waals surface area contributed by atoms with Gasteiger partial charge in [0.05, 0.1) is 5.69 Å². The Morgan fingerprint density at radius 3 is 2.44 bits per heavy atom. The van der Waals surface area contributed by atoms with E-state index in [1.807, 2.05) is 0 Å². The smallest absolute Gasteiger partial charge is 0.103 e. The van der Waals surface area contributed by atoms with Crippen molar-refractivity contribution in [2.75, 3.05) is 0 Å². The van der Waals surface area contributed by atoms with E-state index in [9.17, 15) is 0 Å². The van der Waals surface area contributed by atoms with E-state index in [1.165, 1.54) is 22.3 Å². The van der Waals surface area contributed by atoms with Gasteiger partial charge in [-0.05, 0) is 43.5 Å². The van der Waals surface area contributed by atoms with Crippen LogP contribution in [0.3, 0.4) is 0 Å². The molecule has 0 bridgehead atoms. The van der Waals surface area contributed by atoms with Gasteiger partial charge in [0.25, 0.3) is 0 Å². The van der Waals surface area contributed by atoms with Crippen LogP contribution in [0.4, 0.5) is 0 Å². The van der Waals surface area contributed by atoms with Gasteiger partial charge < -0.3 is 0 Å². The topological polar surface area (TPSA) is 12.9 Å². The predicted molar refractivity (Wildman–Crippen MR) is 74.5 cm³/mol. The third-order valence-electron chi connectivity index (χ3n) is 2.80.